The summed E-state index contributed by atoms with van der Waals surface area (Å²) in [6.07, 6.45) is -1.79. The normalized spacial score (nSPS) is 12.7. The first-order chi connectivity index (χ1) is 15.7. The molecule has 2 aromatic carbocycles. The van der Waals surface area contributed by atoms with Crippen LogP contribution < -0.4 is 20.1 Å². The highest BCUT2D eigenvalue weighted by molar-refractivity contribution is 7.91. The maximum Gasteiger partial charge on any atom is 0.490 e. The summed E-state index contributed by atoms with van der Waals surface area (Å²) in [7, 11) is -7.92. The van der Waals surface area contributed by atoms with Crippen LogP contribution in [0.5, 0.6) is 5.75 Å². The van der Waals surface area contributed by atoms with Gasteiger partial charge in [0.05, 0.1) is 5.56 Å². The minimum atomic E-state index is -4.41. The Labute approximate surface area is 192 Å². The van der Waals surface area contributed by atoms with E-state index in [1.165, 1.54) is 0 Å². The molecule has 11 nitrogen and oxygen atoms in total. The number of sulfonamides is 1. The number of aromatic nitrogens is 2. The highest BCUT2D eigenvalue weighted by atomic mass is 32.2. The number of benzene rings is 2. The molecule has 1 aromatic heterocycles. The number of nitrogens with one attached hydrogen (secondary N) is 1. The average molecular weight is 511 g/mol. The van der Waals surface area contributed by atoms with Crippen molar-refractivity contribution in [3.63, 3.8) is 0 Å². The molecule has 0 aliphatic rings. The molecular formula is C18H15FN5O6PS2. The number of nitrogens with two attached hydrogens (primary N) is 1. The molecule has 3 rings (SSSR count). The molecule has 3 N–H and O–H groups in total. The highest BCUT2D eigenvalue weighted by Gasteiger charge is 2.30. The van der Waals surface area contributed by atoms with Crippen molar-refractivity contribution in [2.75, 3.05) is 13.2 Å². The topological polar surface area (TPSA) is 180 Å². The molecule has 1 heterocycles. The van der Waals surface area contributed by atoms with Gasteiger partial charge in [0.1, 0.15) is 29.3 Å². The molecule has 3 aromatic rings. The second-order valence-corrected chi connectivity index (χ2v) is 9.74. The molecule has 0 aliphatic carbocycles. The van der Waals surface area contributed by atoms with Gasteiger partial charge in [0, 0.05) is 17.7 Å². The van der Waals surface area contributed by atoms with Crippen LogP contribution in [0.2, 0.25) is 0 Å². The number of hydrogen-bond acceptors (Lipinski definition) is 11. The Balaban J connectivity index is 1.83. The molecule has 2 atom stereocenters. The lowest BCUT2D eigenvalue weighted by Crippen LogP contribution is -2.30. The molecular weight excluding hydrogens is 496 g/mol. The zero-order valence-corrected chi connectivity index (χ0v) is 19.1. The van der Waals surface area contributed by atoms with E-state index < -0.39 is 34.7 Å². The number of halogens is 1. The third-order valence-electron chi connectivity index (χ3n) is 3.99. The zero-order chi connectivity index (χ0) is 24.0. The van der Waals surface area contributed by atoms with Gasteiger partial charge >= 0.3 is 8.25 Å². The summed E-state index contributed by atoms with van der Waals surface area (Å²) in [4.78, 5) is 11.1. The van der Waals surface area contributed by atoms with Crippen LogP contribution in [-0.2, 0) is 19.1 Å². The molecule has 0 fully saturated rings. The predicted molar refractivity (Wildman–Crippen MR) is 113 cm³/mol. The number of nitriles is 1. The zero-order valence-electron chi connectivity index (χ0n) is 16.5. The van der Waals surface area contributed by atoms with Crippen LogP contribution in [0.25, 0.3) is 10.6 Å². The second-order valence-electron chi connectivity index (χ2n) is 6.22. The third kappa shape index (κ3) is 6.34. The summed E-state index contributed by atoms with van der Waals surface area (Å²) in [6, 6.07) is 11.3. The van der Waals surface area contributed by atoms with Crippen LogP contribution in [0.1, 0.15) is 17.4 Å². The van der Waals surface area contributed by atoms with Crippen molar-refractivity contribution >= 4 is 29.6 Å². The van der Waals surface area contributed by atoms with E-state index >= 15 is 0 Å². The fourth-order valence-electron chi connectivity index (χ4n) is 2.52. The summed E-state index contributed by atoms with van der Waals surface area (Å²) in [5.41, 5.74) is 5.47. The largest absolute Gasteiger partial charge is 0.566 e. The van der Waals surface area contributed by atoms with E-state index in [0.717, 1.165) is 29.5 Å². The van der Waals surface area contributed by atoms with Gasteiger partial charge in [-0.3, -0.25) is 0 Å². The molecule has 33 heavy (non-hydrogen) atoms. The SMILES string of the molecule is N#Cc1ccc(C(NS(=O)(=O)c2nnc(-c3ccc(OCCN)cc3)s2)O[P+](=O)[O-])cc1F. The van der Waals surface area contributed by atoms with Crippen LogP contribution in [-0.4, -0.2) is 31.8 Å². The first-order valence-electron chi connectivity index (χ1n) is 9.03. The average Bonchev–Trinajstić information content (AvgIpc) is 3.28. The van der Waals surface area contributed by atoms with Gasteiger partial charge in [-0.1, -0.05) is 17.4 Å². The van der Waals surface area contributed by atoms with Crippen LogP contribution in [0.15, 0.2) is 46.8 Å². The minimum Gasteiger partial charge on any atom is -0.566 e. The first kappa shape index (κ1) is 24.7. The molecule has 172 valence electrons. The highest BCUT2D eigenvalue weighted by Crippen LogP contribution is 2.30. The molecule has 0 aliphatic heterocycles. The minimum absolute atomic E-state index is 0.174. The predicted octanol–water partition coefficient (Wildman–Crippen LogP) is 1.56. The van der Waals surface area contributed by atoms with Gasteiger partial charge in [0.25, 0.3) is 10.0 Å². The van der Waals surface area contributed by atoms with Gasteiger partial charge in [-0.15, -0.1) is 14.7 Å². The van der Waals surface area contributed by atoms with Crippen LogP contribution >= 0.6 is 19.6 Å². The summed E-state index contributed by atoms with van der Waals surface area (Å²) in [6.45, 7) is 0.695. The van der Waals surface area contributed by atoms with E-state index in [4.69, 9.17) is 15.7 Å². The van der Waals surface area contributed by atoms with Crippen molar-refractivity contribution in [1.29, 1.82) is 5.26 Å². The fourth-order valence-corrected chi connectivity index (χ4v) is 5.05. The van der Waals surface area contributed by atoms with Crippen LogP contribution in [0.3, 0.4) is 0 Å². The number of nitrogens with zero attached hydrogens (tertiary/aromatic N) is 3. The van der Waals surface area contributed by atoms with Crippen LogP contribution in [0, 0.1) is 17.1 Å². The Kier molecular flexibility index (Phi) is 8.11. The van der Waals surface area contributed by atoms with Crippen LogP contribution in [0.4, 0.5) is 4.39 Å². The van der Waals surface area contributed by atoms with Gasteiger partial charge in [-0.25, -0.2) is 12.8 Å². The van der Waals surface area contributed by atoms with Crippen molar-refractivity contribution in [2.45, 2.75) is 10.6 Å². The van der Waals surface area contributed by atoms with E-state index in [1.54, 1.807) is 30.3 Å². The lowest BCUT2D eigenvalue weighted by molar-refractivity contribution is -0.190. The standard InChI is InChI=1S/C18H15FN5O6PS2/c19-15-9-12(1-2-13(15)10-21)16(30-31(25)26)24-33(27,28)18-23-22-17(32-18)11-3-5-14(6-4-11)29-8-7-20/h1-6,9,16,24H,7-8,20H2. The molecule has 0 bridgehead atoms. The maximum atomic E-state index is 14.0. The monoisotopic (exact) mass is 511 g/mol. The van der Waals surface area contributed by atoms with E-state index in [2.05, 4.69) is 14.7 Å². The van der Waals surface area contributed by atoms with Crippen molar-refractivity contribution in [2.24, 2.45) is 5.73 Å². The summed E-state index contributed by atoms with van der Waals surface area (Å²) in [5.74, 6) is -0.398. The molecule has 2 unspecified atom stereocenters. The second kappa shape index (κ2) is 10.8. The van der Waals surface area contributed by atoms with E-state index in [-0.39, 0.29) is 16.1 Å². The van der Waals surface area contributed by atoms with Crippen molar-refractivity contribution in [3.8, 4) is 22.4 Å². The lowest BCUT2D eigenvalue weighted by atomic mass is 10.1. The Bertz CT molecular complexity index is 1300. The summed E-state index contributed by atoms with van der Waals surface area (Å²) in [5, 5.41) is 16.6. The van der Waals surface area contributed by atoms with E-state index in [0.29, 0.717) is 24.5 Å². The molecule has 0 amide bonds. The Morgan fingerprint density at radius 2 is 2.00 bits per heavy atom. The maximum absolute atomic E-state index is 14.0. The smallest absolute Gasteiger partial charge is 0.490 e. The molecule has 0 saturated carbocycles. The molecule has 0 radical (unpaired) electrons. The third-order valence-corrected chi connectivity index (χ3v) is 7.12. The van der Waals surface area contributed by atoms with Gasteiger partial charge in [-0.2, -0.15) is 9.98 Å². The van der Waals surface area contributed by atoms with Gasteiger partial charge in [0.2, 0.25) is 10.6 Å². The molecule has 0 spiro atoms. The Morgan fingerprint density at radius 1 is 1.27 bits per heavy atom. The van der Waals surface area contributed by atoms with Gasteiger partial charge in [0.15, 0.2) is 0 Å². The van der Waals surface area contributed by atoms with Crippen molar-refractivity contribution in [1.82, 2.24) is 14.9 Å². The summed E-state index contributed by atoms with van der Waals surface area (Å²) < 4.78 is 62.1. The quantitative estimate of drug-likeness (QED) is 0.299. The van der Waals surface area contributed by atoms with E-state index in [1.807, 2.05) is 4.72 Å². The number of hydrogen-bond donors (Lipinski definition) is 2. The fraction of sp³-hybridized carbons (Fsp3) is 0.167. The van der Waals surface area contributed by atoms with Crippen molar-refractivity contribution < 1.29 is 31.5 Å². The summed E-state index contributed by atoms with van der Waals surface area (Å²) >= 11 is 0.725. The molecule has 0 saturated heterocycles. The number of ether oxygens (including phenoxy) is 1. The van der Waals surface area contributed by atoms with Gasteiger partial charge < -0.3 is 15.4 Å². The van der Waals surface area contributed by atoms with Crippen molar-refractivity contribution in [3.05, 3.63) is 59.4 Å². The first-order valence-corrected chi connectivity index (χ1v) is 12.4. The molecule has 15 heteroatoms. The number of rotatable bonds is 10. The van der Waals surface area contributed by atoms with Gasteiger partial charge in [-0.05, 0) is 41.0 Å². The Morgan fingerprint density at radius 3 is 2.61 bits per heavy atom. The van der Waals surface area contributed by atoms with E-state index in [9.17, 15) is 22.3 Å². The lowest BCUT2D eigenvalue weighted by Gasteiger charge is -2.13. The Hall–Kier alpha value is -2.89.